The molecule has 3 aromatic rings. The Morgan fingerprint density at radius 2 is 1.41 bits per heavy atom. The number of hydrogen-bond donors (Lipinski definition) is 0. The maximum atomic E-state index is 12.8. The molecule has 0 aromatic heterocycles. The van der Waals surface area contributed by atoms with E-state index in [0.29, 0.717) is 6.61 Å². The van der Waals surface area contributed by atoms with Crippen molar-refractivity contribution in [3.05, 3.63) is 102 Å². The Balaban J connectivity index is 1.84. The summed E-state index contributed by atoms with van der Waals surface area (Å²) in [7, 11) is 1.66. The van der Waals surface area contributed by atoms with E-state index in [-0.39, 0.29) is 18.5 Å². The Hall–Kier alpha value is -3.11. The van der Waals surface area contributed by atoms with Crippen LogP contribution in [0.4, 0.5) is 0 Å². The Morgan fingerprint density at radius 3 is 1.84 bits per heavy atom. The van der Waals surface area contributed by atoms with E-state index in [4.69, 9.17) is 14.2 Å². The second-order valence-electron chi connectivity index (χ2n) is 8.41. The van der Waals surface area contributed by atoms with Gasteiger partial charge in [-0.2, -0.15) is 0 Å². The molecular weight excluding hydrogens is 400 g/mol. The monoisotopic (exact) mass is 430 g/mol. The van der Waals surface area contributed by atoms with Gasteiger partial charge >= 0.3 is 5.97 Å². The van der Waals surface area contributed by atoms with Crippen molar-refractivity contribution in [2.45, 2.75) is 25.9 Å². The van der Waals surface area contributed by atoms with E-state index in [1.54, 1.807) is 7.11 Å². The van der Waals surface area contributed by atoms with Gasteiger partial charge in [-0.3, -0.25) is 4.79 Å². The second kappa shape index (κ2) is 9.17. The molecule has 0 aliphatic heterocycles. The summed E-state index contributed by atoms with van der Waals surface area (Å²) in [6.07, 6.45) is 0.772. The number of ether oxygens (including phenoxy) is 3. The molecule has 2 atom stereocenters. The van der Waals surface area contributed by atoms with Crippen molar-refractivity contribution in [2.24, 2.45) is 11.3 Å². The standard InChI is InChI=1S/C28H30O4/c1-4-31-26(29)27(19-21(27)2)20-32-28(22-11-7-5-8-12-22,23-13-9-6-10-14-23)24-15-17-25(30-3)18-16-24/h5-18,21H,4,19-20H2,1-3H3. The first-order valence-corrected chi connectivity index (χ1v) is 11.1. The van der Waals surface area contributed by atoms with Gasteiger partial charge in [-0.1, -0.05) is 79.7 Å². The van der Waals surface area contributed by atoms with Crippen molar-refractivity contribution in [3.8, 4) is 5.75 Å². The fourth-order valence-electron chi connectivity index (χ4n) is 4.47. The minimum atomic E-state index is -0.878. The molecule has 4 rings (SSSR count). The van der Waals surface area contributed by atoms with Gasteiger partial charge in [0.15, 0.2) is 0 Å². The Kier molecular flexibility index (Phi) is 6.33. The number of carbonyl (C=O) groups is 1. The van der Waals surface area contributed by atoms with Crippen LogP contribution in [0.15, 0.2) is 84.9 Å². The molecule has 3 aromatic carbocycles. The van der Waals surface area contributed by atoms with Crippen LogP contribution in [0, 0.1) is 11.3 Å². The topological polar surface area (TPSA) is 44.8 Å². The van der Waals surface area contributed by atoms with Gasteiger partial charge in [-0.05, 0) is 48.1 Å². The molecular formula is C28H30O4. The fraction of sp³-hybridized carbons (Fsp3) is 0.321. The molecule has 0 saturated heterocycles. The SMILES string of the molecule is CCOC(=O)C1(COC(c2ccccc2)(c2ccccc2)c2ccc(OC)cc2)CC1C. The zero-order chi connectivity index (χ0) is 22.6. The number of rotatable bonds is 9. The van der Waals surface area contributed by atoms with Crippen LogP contribution in [0.3, 0.4) is 0 Å². The third kappa shape index (κ3) is 3.91. The maximum absolute atomic E-state index is 12.8. The molecule has 0 heterocycles. The molecule has 32 heavy (non-hydrogen) atoms. The van der Waals surface area contributed by atoms with Gasteiger partial charge in [0.2, 0.25) is 0 Å². The lowest BCUT2D eigenvalue weighted by molar-refractivity contribution is -0.155. The zero-order valence-corrected chi connectivity index (χ0v) is 18.9. The van der Waals surface area contributed by atoms with Crippen molar-refractivity contribution in [2.75, 3.05) is 20.3 Å². The molecule has 0 amide bonds. The summed E-state index contributed by atoms with van der Waals surface area (Å²) in [6, 6.07) is 28.3. The van der Waals surface area contributed by atoms with Crippen LogP contribution in [-0.2, 0) is 19.9 Å². The van der Waals surface area contributed by atoms with Gasteiger partial charge in [0.25, 0.3) is 0 Å². The van der Waals surface area contributed by atoms with Gasteiger partial charge in [-0.15, -0.1) is 0 Å². The lowest BCUT2D eigenvalue weighted by atomic mass is 9.80. The van der Waals surface area contributed by atoms with E-state index in [9.17, 15) is 4.79 Å². The minimum Gasteiger partial charge on any atom is -0.497 e. The van der Waals surface area contributed by atoms with Crippen LogP contribution < -0.4 is 4.74 Å². The first-order chi connectivity index (χ1) is 15.6. The molecule has 2 unspecified atom stereocenters. The molecule has 0 radical (unpaired) electrons. The summed E-state index contributed by atoms with van der Waals surface area (Å²) < 4.78 is 17.7. The summed E-state index contributed by atoms with van der Waals surface area (Å²) in [4.78, 5) is 12.8. The number of methoxy groups -OCH3 is 1. The normalized spacial score (nSPS) is 19.9. The van der Waals surface area contributed by atoms with Crippen LogP contribution in [-0.4, -0.2) is 26.3 Å². The number of esters is 1. The number of benzene rings is 3. The van der Waals surface area contributed by atoms with Gasteiger partial charge < -0.3 is 14.2 Å². The number of hydrogen-bond acceptors (Lipinski definition) is 4. The summed E-state index contributed by atoms with van der Waals surface area (Å²) in [6.45, 7) is 4.58. The van der Waals surface area contributed by atoms with Crippen molar-refractivity contribution in [1.29, 1.82) is 0 Å². The minimum absolute atomic E-state index is 0.169. The third-order valence-corrected chi connectivity index (χ3v) is 6.54. The van der Waals surface area contributed by atoms with Gasteiger partial charge in [0.05, 0.1) is 25.7 Å². The highest BCUT2D eigenvalue weighted by Gasteiger charge is 2.60. The molecule has 166 valence electrons. The van der Waals surface area contributed by atoms with Crippen molar-refractivity contribution >= 4 is 5.97 Å². The summed E-state index contributed by atoms with van der Waals surface area (Å²) in [5.41, 5.74) is 1.50. The molecule has 0 N–H and O–H groups in total. The second-order valence-corrected chi connectivity index (χ2v) is 8.41. The molecule has 1 saturated carbocycles. The molecule has 4 heteroatoms. The molecule has 0 bridgehead atoms. The average molecular weight is 431 g/mol. The third-order valence-electron chi connectivity index (χ3n) is 6.54. The first kappa shape index (κ1) is 22.1. The van der Waals surface area contributed by atoms with Crippen molar-refractivity contribution in [1.82, 2.24) is 0 Å². The molecule has 0 spiro atoms. The highest BCUT2D eigenvalue weighted by atomic mass is 16.5. The van der Waals surface area contributed by atoms with Crippen molar-refractivity contribution < 1.29 is 19.0 Å². The quantitative estimate of drug-likeness (QED) is 0.328. The van der Waals surface area contributed by atoms with E-state index in [2.05, 4.69) is 31.2 Å². The fourth-order valence-corrected chi connectivity index (χ4v) is 4.47. The van der Waals surface area contributed by atoms with E-state index in [1.165, 1.54) is 0 Å². The average Bonchev–Trinajstić information content (AvgIpc) is 3.52. The van der Waals surface area contributed by atoms with Gasteiger partial charge in [-0.25, -0.2) is 0 Å². The predicted octanol–water partition coefficient (Wildman–Crippen LogP) is 5.59. The lowest BCUT2D eigenvalue weighted by Gasteiger charge is -2.37. The maximum Gasteiger partial charge on any atom is 0.314 e. The Bertz CT molecular complexity index is 991. The molecule has 1 aliphatic carbocycles. The number of carbonyl (C=O) groups excluding carboxylic acids is 1. The Morgan fingerprint density at radius 1 is 0.906 bits per heavy atom. The van der Waals surface area contributed by atoms with E-state index >= 15 is 0 Å². The van der Waals surface area contributed by atoms with Gasteiger partial charge in [0.1, 0.15) is 11.4 Å². The smallest absolute Gasteiger partial charge is 0.314 e. The lowest BCUT2D eigenvalue weighted by Crippen LogP contribution is -2.37. The molecule has 4 nitrogen and oxygen atoms in total. The highest BCUT2D eigenvalue weighted by molar-refractivity contribution is 5.80. The first-order valence-electron chi connectivity index (χ1n) is 11.1. The van der Waals surface area contributed by atoms with Crippen LogP contribution in [0.2, 0.25) is 0 Å². The summed E-state index contributed by atoms with van der Waals surface area (Å²) >= 11 is 0. The highest BCUT2D eigenvalue weighted by Crippen LogP contribution is 2.55. The summed E-state index contributed by atoms with van der Waals surface area (Å²) in [5.74, 6) is 0.835. The summed E-state index contributed by atoms with van der Waals surface area (Å²) in [5, 5.41) is 0. The largest absolute Gasteiger partial charge is 0.497 e. The molecule has 1 fully saturated rings. The van der Waals surface area contributed by atoms with Gasteiger partial charge in [0, 0.05) is 0 Å². The van der Waals surface area contributed by atoms with Crippen LogP contribution in [0.5, 0.6) is 5.75 Å². The Labute approximate surface area is 190 Å². The molecule has 1 aliphatic rings. The van der Waals surface area contributed by atoms with E-state index < -0.39 is 11.0 Å². The predicted molar refractivity (Wildman–Crippen MR) is 125 cm³/mol. The van der Waals surface area contributed by atoms with Crippen LogP contribution in [0.1, 0.15) is 37.0 Å². The van der Waals surface area contributed by atoms with Crippen molar-refractivity contribution in [3.63, 3.8) is 0 Å². The van der Waals surface area contributed by atoms with E-state index in [1.807, 2.05) is 67.6 Å². The van der Waals surface area contributed by atoms with Crippen LogP contribution >= 0.6 is 0 Å². The van der Waals surface area contributed by atoms with Crippen LogP contribution in [0.25, 0.3) is 0 Å². The van der Waals surface area contributed by atoms with E-state index in [0.717, 1.165) is 28.9 Å². The zero-order valence-electron chi connectivity index (χ0n) is 18.9.